The molecule has 0 aromatic carbocycles. The van der Waals surface area contributed by atoms with E-state index < -0.39 is 5.97 Å². The maximum atomic E-state index is 12.5. The average Bonchev–Trinajstić information content (AvgIpc) is 2.97. The highest BCUT2D eigenvalue weighted by Gasteiger charge is 2.14. The van der Waals surface area contributed by atoms with Crippen molar-refractivity contribution in [3.05, 3.63) is 48.6 Å². The summed E-state index contributed by atoms with van der Waals surface area (Å²) in [6.07, 6.45) is 44.3. The lowest BCUT2D eigenvalue weighted by atomic mass is 10.0. The van der Waals surface area contributed by atoms with Crippen molar-refractivity contribution in [2.75, 3.05) is 0 Å². The summed E-state index contributed by atoms with van der Waals surface area (Å²) in [6.45, 7) is 4.45. The fourth-order valence-electron chi connectivity index (χ4n) is 4.94. The molecule has 4 heteroatoms. The van der Waals surface area contributed by atoms with Crippen LogP contribution >= 0.6 is 0 Å². The molecule has 0 bridgehead atoms. The van der Waals surface area contributed by atoms with E-state index in [-0.39, 0.29) is 12.1 Å². The normalized spacial score (nSPS) is 12.8. The topological polar surface area (TPSA) is 63.6 Å². The van der Waals surface area contributed by atoms with Crippen LogP contribution in [-0.2, 0) is 14.3 Å². The Morgan fingerprint density at radius 2 is 0.952 bits per heavy atom. The van der Waals surface area contributed by atoms with Crippen molar-refractivity contribution in [1.29, 1.82) is 0 Å². The van der Waals surface area contributed by atoms with Gasteiger partial charge in [0.2, 0.25) is 0 Å². The third-order valence-electron chi connectivity index (χ3n) is 7.55. The summed E-state index contributed by atoms with van der Waals surface area (Å²) in [4.78, 5) is 23.0. The largest absolute Gasteiger partial charge is 0.481 e. The van der Waals surface area contributed by atoms with Crippen molar-refractivity contribution in [3.8, 4) is 0 Å². The van der Waals surface area contributed by atoms with Gasteiger partial charge >= 0.3 is 11.9 Å². The third-order valence-corrected chi connectivity index (χ3v) is 7.55. The monoisotopic (exact) mass is 586 g/mol. The van der Waals surface area contributed by atoms with Gasteiger partial charge in [0.25, 0.3) is 0 Å². The van der Waals surface area contributed by atoms with Gasteiger partial charge in [-0.3, -0.25) is 9.59 Å². The number of hydrogen-bond acceptors (Lipinski definition) is 3. The number of ether oxygens (including phenoxy) is 1. The summed E-state index contributed by atoms with van der Waals surface area (Å²) in [5, 5.41) is 8.68. The maximum absolute atomic E-state index is 12.5. The summed E-state index contributed by atoms with van der Waals surface area (Å²) in [5.74, 6) is -0.716. The van der Waals surface area contributed by atoms with Crippen LogP contribution in [0.15, 0.2) is 48.6 Å². The second-order valence-electron chi connectivity index (χ2n) is 11.7. The molecule has 0 heterocycles. The van der Waals surface area contributed by atoms with E-state index in [1.54, 1.807) is 0 Å². The van der Waals surface area contributed by atoms with E-state index in [1.807, 2.05) is 0 Å². The second kappa shape index (κ2) is 33.4. The van der Waals surface area contributed by atoms with Crippen LogP contribution in [0.25, 0.3) is 0 Å². The lowest BCUT2D eigenvalue weighted by Gasteiger charge is -2.18. The van der Waals surface area contributed by atoms with Crippen LogP contribution in [0.2, 0.25) is 0 Å². The third kappa shape index (κ3) is 32.4. The van der Waals surface area contributed by atoms with Crippen molar-refractivity contribution < 1.29 is 19.4 Å². The highest BCUT2D eigenvalue weighted by Crippen LogP contribution is 2.17. The lowest BCUT2D eigenvalue weighted by Crippen LogP contribution is -2.18. The molecule has 0 aliphatic carbocycles. The van der Waals surface area contributed by atoms with E-state index in [0.717, 1.165) is 77.0 Å². The molecule has 1 unspecified atom stereocenters. The van der Waals surface area contributed by atoms with Crippen LogP contribution in [0.1, 0.15) is 174 Å². The van der Waals surface area contributed by atoms with Gasteiger partial charge in [0.05, 0.1) is 0 Å². The van der Waals surface area contributed by atoms with Crippen LogP contribution in [-0.4, -0.2) is 23.1 Å². The first-order valence-corrected chi connectivity index (χ1v) is 17.6. The van der Waals surface area contributed by atoms with E-state index >= 15 is 0 Å². The molecule has 0 spiro atoms. The molecular weight excluding hydrogens is 520 g/mol. The molecule has 0 rings (SSSR count). The van der Waals surface area contributed by atoms with E-state index in [0.29, 0.717) is 12.8 Å². The van der Waals surface area contributed by atoms with Gasteiger partial charge in [0, 0.05) is 12.8 Å². The quantitative estimate of drug-likeness (QED) is 0.0498. The molecule has 0 amide bonds. The van der Waals surface area contributed by atoms with E-state index in [2.05, 4.69) is 62.5 Å². The number of hydrogen-bond donors (Lipinski definition) is 1. The smallest absolute Gasteiger partial charge is 0.306 e. The van der Waals surface area contributed by atoms with Gasteiger partial charge in [-0.2, -0.15) is 0 Å². The van der Waals surface area contributed by atoms with Gasteiger partial charge in [-0.25, -0.2) is 0 Å². The first kappa shape index (κ1) is 39.9. The standard InChI is InChI=1S/C38H66O4/c1-3-5-7-8-9-10-11-12-13-14-15-16-17-21-24-27-31-35-38(41)42-36(32-28-6-4-2)33-29-25-22-19-18-20-23-26-30-34-37(39)40/h9-10,12-13,15-16,21,24,36H,3-8,11,14,17-20,22-23,25-35H2,1-2H3,(H,39,40)/b10-9-,13-12-,16-15-,24-21-. The number of unbranched alkanes of at least 4 members (excludes halogenated alkanes) is 14. The summed E-state index contributed by atoms with van der Waals surface area (Å²) in [7, 11) is 0. The van der Waals surface area contributed by atoms with Gasteiger partial charge in [0.1, 0.15) is 6.10 Å². The fourth-order valence-corrected chi connectivity index (χ4v) is 4.94. The molecule has 0 saturated heterocycles. The summed E-state index contributed by atoms with van der Waals surface area (Å²) in [6, 6.07) is 0. The number of rotatable bonds is 31. The summed E-state index contributed by atoms with van der Waals surface area (Å²) < 4.78 is 5.90. The predicted molar refractivity (Wildman–Crippen MR) is 181 cm³/mol. The Bertz CT molecular complexity index is 719. The minimum Gasteiger partial charge on any atom is -0.481 e. The van der Waals surface area contributed by atoms with E-state index in [1.165, 1.54) is 70.6 Å². The van der Waals surface area contributed by atoms with Crippen molar-refractivity contribution in [1.82, 2.24) is 0 Å². The molecule has 0 aliphatic rings. The Balaban J connectivity index is 3.90. The number of carbonyl (C=O) groups is 2. The average molecular weight is 587 g/mol. The van der Waals surface area contributed by atoms with Gasteiger partial charge in [-0.1, -0.05) is 133 Å². The van der Waals surface area contributed by atoms with Gasteiger partial charge in [0.15, 0.2) is 0 Å². The zero-order chi connectivity index (χ0) is 30.8. The number of aliphatic carboxylic acids is 1. The van der Waals surface area contributed by atoms with Crippen molar-refractivity contribution in [2.45, 2.75) is 180 Å². The van der Waals surface area contributed by atoms with Gasteiger partial charge in [-0.05, 0) is 77.0 Å². The first-order chi connectivity index (χ1) is 20.6. The van der Waals surface area contributed by atoms with Crippen LogP contribution < -0.4 is 0 Å². The molecule has 0 aliphatic heterocycles. The molecule has 242 valence electrons. The number of carboxylic acid groups (broad SMARTS) is 1. The molecule has 0 fully saturated rings. The maximum Gasteiger partial charge on any atom is 0.306 e. The predicted octanol–water partition coefficient (Wildman–Crippen LogP) is 12.0. The Kier molecular flexibility index (Phi) is 31.7. The van der Waals surface area contributed by atoms with Crippen LogP contribution in [0.3, 0.4) is 0 Å². The molecule has 1 atom stereocenters. The van der Waals surface area contributed by atoms with E-state index in [9.17, 15) is 9.59 Å². The second-order valence-corrected chi connectivity index (χ2v) is 11.7. The molecule has 1 N–H and O–H groups in total. The first-order valence-electron chi connectivity index (χ1n) is 17.6. The summed E-state index contributed by atoms with van der Waals surface area (Å²) >= 11 is 0. The van der Waals surface area contributed by atoms with Gasteiger partial charge in [-0.15, -0.1) is 0 Å². The number of allylic oxidation sites excluding steroid dienone is 8. The van der Waals surface area contributed by atoms with Crippen molar-refractivity contribution in [2.24, 2.45) is 0 Å². The highest BCUT2D eigenvalue weighted by molar-refractivity contribution is 5.69. The number of esters is 1. The summed E-state index contributed by atoms with van der Waals surface area (Å²) in [5.41, 5.74) is 0. The minimum atomic E-state index is -0.684. The number of carboxylic acids is 1. The molecule has 0 radical (unpaired) electrons. The Morgan fingerprint density at radius 3 is 1.48 bits per heavy atom. The molecule has 0 aromatic heterocycles. The van der Waals surface area contributed by atoms with Crippen LogP contribution in [0, 0.1) is 0 Å². The van der Waals surface area contributed by atoms with Crippen molar-refractivity contribution in [3.63, 3.8) is 0 Å². The van der Waals surface area contributed by atoms with Gasteiger partial charge < -0.3 is 9.84 Å². The SMILES string of the molecule is CCCCC/C=C\C/C=C\C/C=C\C/C=C\CCCC(=O)OC(CCCCC)CCCCCCCCCCCC(=O)O. The highest BCUT2D eigenvalue weighted by atomic mass is 16.5. The lowest BCUT2D eigenvalue weighted by molar-refractivity contribution is -0.150. The van der Waals surface area contributed by atoms with Crippen LogP contribution in [0.5, 0.6) is 0 Å². The molecule has 0 saturated carbocycles. The zero-order valence-electron chi connectivity index (χ0n) is 27.5. The Morgan fingerprint density at radius 1 is 0.524 bits per heavy atom. The minimum absolute atomic E-state index is 0.0321. The molecule has 42 heavy (non-hydrogen) atoms. The zero-order valence-corrected chi connectivity index (χ0v) is 27.5. The number of carbonyl (C=O) groups excluding carboxylic acids is 1. The molecular formula is C38H66O4. The van der Waals surface area contributed by atoms with Crippen molar-refractivity contribution >= 4 is 11.9 Å². The molecule has 0 aromatic rings. The Hall–Kier alpha value is -2.10. The Labute approximate surface area is 260 Å². The van der Waals surface area contributed by atoms with Crippen LogP contribution in [0.4, 0.5) is 0 Å². The fraction of sp³-hybridized carbons (Fsp3) is 0.737. The molecule has 4 nitrogen and oxygen atoms in total. The van der Waals surface area contributed by atoms with E-state index in [4.69, 9.17) is 9.84 Å².